The van der Waals surface area contributed by atoms with E-state index < -0.39 is 5.77 Å². The van der Waals surface area contributed by atoms with Crippen LogP contribution in [0.2, 0.25) is 0 Å². The largest absolute Gasteiger partial charge is 0.429 e. The number of hydrogen-bond acceptors (Lipinski definition) is 4. The molecule has 5 heteroatoms. The van der Waals surface area contributed by atoms with Crippen molar-refractivity contribution in [3.8, 4) is 5.75 Å². The molecule has 0 saturated heterocycles. The van der Waals surface area contributed by atoms with E-state index in [4.69, 9.17) is 4.52 Å². The molecule has 1 aromatic carbocycles. The normalized spacial score (nSPS) is 14.4. The van der Waals surface area contributed by atoms with E-state index in [1.54, 1.807) is 0 Å². The van der Waals surface area contributed by atoms with Crippen LogP contribution in [0.15, 0.2) is 30.3 Å². The van der Waals surface area contributed by atoms with Crippen molar-refractivity contribution in [3.05, 3.63) is 30.3 Å². The zero-order valence-corrected chi connectivity index (χ0v) is 12.1. The molecule has 0 saturated carbocycles. The van der Waals surface area contributed by atoms with Crippen LogP contribution in [0, 0.1) is 0 Å². The van der Waals surface area contributed by atoms with Gasteiger partial charge in [0, 0.05) is 5.75 Å². The molecule has 1 atom stereocenters. The molecule has 0 amide bonds. The summed E-state index contributed by atoms with van der Waals surface area (Å²) in [6.45, 7) is 2.13. The standard InChI is InChI=1S/C11H17O2PS2/c1-3-4-10-16-14(12,15-2)13-11-8-6-5-7-9-11/h5-9H,3-4,10H2,1-2H3. The molecule has 1 unspecified atom stereocenters. The van der Waals surface area contributed by atoms with Gasteiger partial charge in [-0.25, -0.2) is 0 Å². The highest BCUT2D eigenvalue weighted by molar-refractivity contribution is 8.89. The first kappa shape index (κ1) is 14.0. The number of rotatable bonds is 7. The van der Waals surface area contributed by atoms with E-state index in [0.29, 0.717) is 5.75 Å². The van der Waals surface area contributed by atoms with E-state index in [9.17, 15) is 4.57 Å². The number of hydrogen-bond donors (Lipinski definition) is 0. The molecule has 0 N–H and O–H groups in total. The summed E-state index contributed by atoms with van der Waals surface area (Å²) in [4.78, 5) is 0. The fourth-order valence-electron chi connectivity index (χ4n) is 1.05. The zero-order valence-electron chi connectivity index (χ0n) is 9.59. The van der Waals surface area contributed by atoms with Crippen LogP contribution < -0.4 is 4.52 Å². The summed E-state index contributed by atoms with van der Waals surface area (Å²) in [6.07, 6.45) is 4.03. The van der Waals surface area contributed by atoms with Crippen molar-refractivity contribution >= 4 is 28.5 Å². The molecule has 0 aliphatic rings. The number of benzene rings is 1. The Morgan fingerprint density at radius 3 is 2.56 bits per heavy atom. The summed E-state index contributed by atoms with van der Waals surface area (Å²) in [7, 11) is 0. The van der Waals surface area contributed by atoms with E-state index in [1.807, 2.05) is 36.6 Å². The Morgan fingerprint density at radius 2 is 2.00 bits per heavy atom. The van der Waals surface area contributed by atoms with Gasteiger partial charge < -0.3 is 4.52 Å². The van der Waals surface area contributed by atoms with Crippen LogP contribution in [0.25, 0.3) is 0 Å². The maximum Gasteiger partial charge on any atom is 0.359 e. The van der Waals surface area contributed by atoms with Gasteiger partial charge in [0.2, 0.25) is 0 Å². The lowest BCUT2D eigenvalue weighted by Gasteiger charge is -2.15. The lowest BCUT2D eigenvalue weighted by molar-refractivity contribution is 0.515. The quantitative estimate of drug-likeness (QED) is 0.513. The minimum atomic E-state index is -2.62. The third-order valence-corrected chi connectivity index (χ3v) is 9.18. The van der Waals surface area contributed by atoms with Crippen LogP contribution >= 0.6 is 28.5 Å². The predicted octanol–water partition coefficient (Wildman–Crippen LogP) is 5.07. The maximum atomic E-state index is 12.3. The second-order valence-electron chi connectivity index (χ2n) is 3.22. The van der Waals surface area contributed by atoms with Crippen LogP contribution in [0.3, 0.4) is 0 Å². The average Bonchev–Trinajstić information content (AvgIpc) is 2.31. The number of para-hydroxylation sites is 1. The molecule has 90 valence electrons. The monoisotopic (exact) mass is 276 g/mol. The van der Waals surface area contributed by atoms with Crippen molar-refractivity contribution in [2.75, 3.05) is 12.0 Å². The minimum Gasteiger partial charge on any atom is -0.429 e. The van der Waals surface area contributed by atoms with E-state index in [2.05, 4.69) is 6.92 Å². The highest BCUT2D eigenvalue weighted by Gasteiger charge is 2.23. The second kappa shape index (κ2) is 7.31. The van der Waals surface area contributed by atoms with Crippen LogP contribution in [-0.4, -0.2) is 12.0 Å². The van der Waals surface area contributed by atoms with Crippen molar-refractivity contribution in [1.29, 1.82) is 0 Å². The smallest absolute Gasteiger partial charge is 0.359 e. The zero-order chi connectivity index (χ0) is 11.9. The first-order valence-electron chi connectivity index (χ1n) is 5.25. The van der Waals surface area contributed by atoms with Gasteiger partial charge in [0.25, 0.3) is 0 Å². The summed E-state index contributed by atoms with van der Waals surface area (Å²) < 4.78 is 17.9. The fourth-order valence-corrected chi connectivity index (χ4v) is 6.19. The Bertz CT molecular complexity index is 343. The first-order chi connectivity index (χ1) is 7.70. The molecule has 0 heterocycles. The molecule has 0 bridgehead atoms. The van der Waals surface area contributed by atoms with Gasteiger partial charge >= 0.3 is 5.77 Å². The Hall–Kier alpha value is -0.0500. The average molecular weight is 276 g/mol. The highest BCUT2D eigenvalue weighted by Crippen LogP contribution is 2.68. The summed E-state index contributed by atoms with van der Waals surface area (Å²) in [6, 6.07) is 9.36. The Labute approximate surface area is 105 Å². The van der Waals surface area contributed by atoms with Crippen molar-refractivity contribution in [1.82, 2.24) is 0 Å². The predicted molar refractivity (Wildman–Crippen MR) is 75.6 cm³/mol. The highest BCUT2D eigenvalue weighted by atomic mass is 33.1. The molecule has 0 aromatic heterocycles. The summed E-state index contributed by atoms with van der Waals surface area (Å²) in [5, 5.41) is 0. The molecule has 0 aliphatic heterocycles. The molecule has 1 rings (SSSR count). The lowest BCUT2D eigenvalue weighted by Crippen LogP contribution is -1.87. The van der Waals surface area contributed by atoms with Crippen LogP contribution in [-0.2, 0) is 4.57 Å². The molecule has 0 fully saturated rings. The van der Waals surface area contributed by atoms with Crippen molar-refractivity contribution in [2.45, 2.75) is 19.8 Å². The van der Waals surface area contributed by atoms with Crippen molar-refractivity contribution < 1.29 is 9.09 Å². The van der Waals surface area contributed by atoms with E-state index in [0.717, 1.165) is 18.6 Å². The van der Waals surface area contributed by atoms with E-state index in [1.165, 1.54) is 22.8 Å². The van der Waals surface area contributed by atoms with Gasteiger partial charge in [-0.05, 0) is 36.2 Å². The van der Waals surface area contributed by atoms with Crippen LogP contribution in [0.1, 0.15) is 19.8 Å². The topological polar surface area (TPSA) is 26.3 Å². The molecular formula is C11H17O2PS2. The molecule has 0 spiro atoms. The second-order valence-corrected chi connectivity index (χ2v) is 10.8. The van der Waals surface area contributed by atoms with Gasteiger partial charge in [-0.3, -0.25) is 4.57 Å². The van der Waals surface area contributed by atoms with Crippen molar-refractivity contribution in [3.63, 3.8) is 0 Å². The van der Waals surface area contributed by atoms with Crippen molar-refractivity contribution in [2.24, 2.45) is 0 Å². The Balaban J connectivity index is 2.56. The van der Waals surface area contributed by atoms with E-state index in [-0.39, 0.29) is 0 Å². The SMILES string of the molecule is CCCCSP(=O)(Oc1ccccc1)SC. The molecule has 0 radical (unpaired) electrons. The summed E-state index contributed by atoms with van der Waals surface area (Å²) >= 11 is 2.75. The molecular weight excluding hydrogens is 259 g/mol. The summed E-state index contributed by atoms with van der Waals surface area (Å²) in [5.41, 5.74) is 0. The van der Waals surface area contributed by atoms with Gasteiger partial charge in [-0.1, -0.05) is 42.9 Å². The van der Waals surface area contributed by atoms with Gasteiger partial charge in [-0.2, -0.15) is 0 Å². The molecule has 1 aromatic rings. The third-order valence-electron chi connectivity index (χ3n) is 1.93. The fraction of sp³-hybridized carbons (Fsp3) is 0.455. The Morgan fingerprint density at radius 1 is 1.31 bits per heavy atom. The minimum absolute atomic E-state index is 0.684. The van der Waals surface area contributed by atoms with E-state index >= 15 is 0 Å². The Kier molecular flexibility index (Phi) is 6.40. The maximum absolute atomic E-state index is 12.3. The number of unbranched alkanes of at least 4 members (excludes halogenated alkanes) is 1. The van der Waals surface area contributed by atoms with Gasteiger partial charge in [-0.15, -0.1) is 0 Å². The third kappa shape index (κ3) is 4.86. The first-order valence-corrected chi connectivity index (χ1v) is 10.3. The molecule has 0 aliphatic carbocycles. The molecule has 16 heavy (non-hydrogen) atoms. The van der Waals surface area contributed by atoms with Gasteiger partial charge in [0.05, 0.1) is 0 Å². The molecule has 2 nitrogen and oxygen atoms in total. The van der Waals surface area contributed by atoms with Crippen LogP contribution in [0.4, 0.5) is 0 Å². The van der Waals surface area contributed by atoms with Gasteiger partial charge in [0.15, 0.2) is 0 Å². The lowest BCUT2D eigenvalue weighted by atomic mass is 10.3. The van der Waals surface area contributed by atoms with Gasteiger partial charge in [0.1, 0.15) is 5.75 Å². The summed E-state index contributed by atoms with van der Waals surface area (Å²) in [5.74, 6) is -1.04. The van der Waals surface area contributed by atoms with Crippen LogP contribution in [0.5, 0.6) is 5.75 Å².